The quantitative estimate of drug-likeness (QED) is 0.648. The lowest BCUT2D eigenvalue weighted by molar-refractivity contribution is 0.426. The molecular formula is C15H16BN3O2. The van der Waals surface area contributed by atoms with E-state index in [1.165, 1.54) is 6.33 Å². The monoisotopic (exact) mass is 281 g/mol. The molecule has 0 radical (unpaired) electrons. The second-order valence-corrected chi connectivity index (χ2v) is 3.71. The Morgan fingerprint density at radius 2 is 1.14 bits per heavy atom. The van der Waals surface area contributed by atoms with Gasteiger partial charge in [0.25, 0.3) is 0 Å². The molecule has 0 spiro atoms. The highest BCUT2D eigenvalue weighted by atomic mass is 16.4. The first-order valence-electron chi connectivity index (χ1n) is 6.26. The Labute approximate surface area is 124 Å². The van der Waals surface area contributed by atoms with Crippen LogP contribution in [0.1, 0.15) is 0 Å². The first kappa shape index (κ1) is 16.5. The van der Waals surface area contributed by atoms with Gasteiger partial charge in [-0.2, -0.15) is 0 Å². The Kier molecular flexibility index (Phi) is 8.86. The SMILES string of the molecule is OB(O)c1ccccc1.c1ccncc1.c1cncnc1. The molecule has 2 N–H and O–H groups in total. The van der Waals surface area contributed by atoms with Crippen molar-refractivity contribution < 1.29 is 10.0 Å². The fourth-order valence-corrected chi connectivity index (χ4v) is 1.19. The molecule has 5 nitrogen and oxygen atoms in total. The second-order valence-electron chi connectivity index (χ2n) is 3.71. The zero-order valence-corrected chi connectivity index (χ0v) is 11.4. The number of aromatic nitrogens is 3. The van der Waals surface area contributed by atoms with Crippen LogP contribution >= 0.6 is 0 Å². The molecule has 0 aliphatic carbocycles. The molecule has 0 aliphatic rings. The summed E-state index contributed by atoms with van der Waals surface area (Å²) in [6.07, 6.45) is 8.38. The number of pyridine rings is 1. The van der Waals surface area contributed by atoms with E-state index >= 15 is 0 Å². The molecule has 0 unspecified atom stereocenters. The summed E-state index contributed by atoms with van der Waals surface area (Å²) in [6, 6.07) is 16.2. The third-order valence-electron chi connectivity index (χ3n) is 2.14. The van der Waals surface area contributed by atoms with Gasteiger partial charge in [-0.25, -0.2) is 9.97 Å². The van der Waals surface area contributed by atoms with E-state index in [1.54, 1.807) is 55.1 Å². The molecule has 2 aromatic heterocycles. The van der Waals surface area contributed by atoms with Gasteiger partial charge < -0.3 is 10.0 Å². The van der Waals surface area contributed by atoms with Gasteiger partial charge in [-0.05, 0) is 23.7 Å². The minimum Gasteiger partial charge on any atom is -0.423 e. The summed E-state index contributed by atoms with van der Waals surface area (Å²) in [7, 11) is -1.34. The van der Waals surface area contributed by atoms with Gasteiger partial charge in [0.05, 0.1) is 0 Å². The average Bonchev–Trinajstić information content (AvgIpc) is 2.60. The minimum atomic E-state index is -1.34. The van der Waals surface area contributed by atoms with E-state index in [0.717, 1.165) is 0 Å². The zero-order valence-electron chi connectivity index (χ0n) is 11.4. The number of hydrogen-bond donors (Lipinski definition) is 2. The molecule has 21 heavy (non-hydrogen) atoms. The van der Waals surface area contributed by atoms with Crippen LogP contribution in [0.5, 0.6) is 0 Å². The van der Waals surface area contributed by atoms with Crippen LogP contribution in [0.4, 0.5) is 0 Å². The normalized spacial score (nSPS) is 8.48. The lowest BCUT2D eigenvalue weighted by Crippen LogP contribution is -2.29. The summed E-state index contributed by atoms with van der Waals surface area (Å²) in [6.45, 7) is 0. The maximum Gasteiger partial charge on any atom is 0.488 e. The van der Waals surface area contributed by atoms with Crippen molar-refractivity contribution >= 4 is 12.6 Å². The molecule has 3 aromatic rings. The molecule has 0 saturated heterocycles. The summed E-state index contributed by atoms with van der Waals surface area (Å²) in [5.41, 5.74) is 0.525. The second kappa shape index (κ2) is 11.3. The van der Waals surface area contributed by atoms with Crippen molar-refractivity contribution in [2.75, 3.05) is 0 Å². The van der Waals surface area contributed by atoms with Crippen LogP contribution in [0.15, 0.2) is 85.7 Å². The summed E-state index contributed by atoms with van der Waals surface area (Å²) in [5, 5.41) is 17.2. The van der Waals surface area contributed by atoms with Crippen molar-refractivity contribution in [2.45, 2.75) is 0 Å². The predicted molar refractivity (Wildman–Crippen MR) is 82.5 cm³/mol. The predicted octanol–water partition coefficient (Wildman–Crippen LogP) is 0.925. The Balaban J connectivity index is 0.000000163. The smallest absolute Gasteiger partial charge is 0.423 e. The Bertz CT molecular complexity index is 469. The van der Waals surface area contributed by atoms with Gasteiger partial charge in [-0.1, -0.05) is 36.4 Å². The van der Waals surface area contributed by atoms with Crippen molar-refractivity contribution in [3.05, 3.63) is 85.7 Å². The first-order valence-corrected chi connectivity index (χ1v) is 6.26. The fourth-order valence-electron chi connectivity index (χ4n) is 1.19. The minimum absolute atomic E-state index is 0.525. The molecule has 0 amide bonds. The van der Waals surface area contributed by atoms with Gasteiger partial charge in [-0.3, -0.25) is 4.98 Å². The zero-order chi connectivity index (χ0) is 15.2. The maximum atomic E-state index is 8.58. The molecule has 106 valence electrons. The van der Waals surface area contributed by atoms with E-state index in [4.69, 9.17) is 10.0 Å². The van der Waals surface area contributed by atoms with Gasteiger partial charge in [0.2, 0.25) is 0 Å². The highest BCUT2D eigenvalue weighted by molar-refractivity contribution is 6.58. The maximum absolute atomic E-state index is 8.58. The standard InChI is InChI=1S/C6H7BO2.C5H5N.C4H4N2/c8-7(9)6-4-2-1-3-5-6;1-2-4-6-5-3-1;1-2-5-4-6-3-1/h1-5,8-9H;1-5H;1-4H. The number of benzene rings is 1. The van der Waals surface area contributed by atoms with Gasteiger partial charge in [0, 0.05) is 24.8 Å². The first-order chi connectivity index (χ1) is 10.3. The van der Waals surface area contributed by atoms with E-state index in [0.29, 0.717) is 5.46 Å². The molecule has 2 heterocycles. The van der Waals surface area contributed by atoms with Crippen LogP contribution in [0.3, 0.4) is 0 Å². The molecular weight excluding hydrogens is 265 g/mol. The van der Waals surface area contributed by atoms with Crippen molar-refractivity contribution in [3.63, 3.8) is 0 Å². The van der Waals surface area contributed by atoms with Crippen molar-refractivity contribution in [1.82, 2.24) is 15.0 Å². The van der Waals surface area contributed by atoms with Crippen molar-refractivity contribution in [3.8, 4) is 0 Å². The molecule has 0 atom stereocenters. The largest absolute Gasteiger partial charge is 0.488 e. The van der Waals surface area contributed by atoms with Gasteiger partial charge >= 0.3 is 7.12 Å². The molecule has 0 aliphatic heterocycles. The van der Waals surface area contributed by atoms with Gasteiger partial charge in [0.15, 0.2) is 0 Å². The van der Waals surface area contributed by atoms with E-state index in [1.807, 2.05) is 24.3 Å². The fraction of sp³-hybridized carbons (Fsp3) is 0. The van der Waals surface area contributed by atoms with Crippen LogP contribution in [0.2, 0.25) is 0 Å². The molecule has 0 fully saturated rings. The van der Waals surface area contributed by atoms with E-state index in [-0.39, 0.29) is 0 Å². The van der Waals surface area contributed by atoms with E-state index in [2.05, 4.69) is 15.0 Å². The Morgan fingerprint density at radius 1 is 0.619 bits per heavy atom. The van der Waals surface area contributed by atoms with E-state index in [9.17, 15) is 0 Å². The highest BCUT2D eigenvalue weighted by Gasteiger charge is 2.07. The summed E-state index contributed by atoms with van der Waals surface area (Å²) in [5.74, 6) is 0. The molecule has 0 saturated carbocycles. The van der Waals surface area contributed by atoms with Crippen LogP contribution in [0, 0.1) is 0 Å². The third-order valence-corrected chi connectivity index (χ3v) is 2.14. The Hall–Kier alpha value is -2.57. The average molecular weight is 281 g/mol. The van der Waals surface area contributed by atoms with Gasteiger partial charge in [-0.15, -0.1) is 0 Å². The van der Waals surface area contributed by atoms with Gasteiger partial charge in [0.1, 0.15) is 6.33 Å². The topological polar surface area (TPSA) is 79.1 Å². The lowest BCUT2D eigenvalue weighted by atomic mass is 9.81. The summed E-state index contributed by atoms with van der Waals surface area (Å²) in [4.78, 5) is 11.1. The van der Waals surface area contributed by atoms with Crippen LogP contribution in [-0.4, -0.2) is 32.1 Å². The van der Waals surface area contributed by atoms with Crippen molar-refractivity contribution in [1.29, 1.82) is 0 Å². The number of nitrogens with zero attached hydrogens (tertiary/aromatic N) is 3. The lowest BCUT2D eigenvalue weighted by Gasteiger charge is -1.94. The molecule has 3 rings (SSSR count). The Morgan fingerprint density at radius 3 is 1.38 bits per heavy atom. The third kappa shape index (κ3) is 9.04. The molecule has 0 bridgehead atoms. The van der Waals surface area contributed by atoms with Crippen LogP contribution in [-0.2, 0) is 0 Å². The number of hydrogen-bond acceptors (Lipinski definition) is 5. The molecule has 6 heteroatoms. The summed E-state index contributed by atoms with van der Waals surface area (Å²) < 4.78 is 0. The highest BCUT2D eigenvalue weighted by Crippen LogP contribution is 1.82. The van der Waals surface area contributed by atoms with Crippen LogP contribution < -0.4 is 5.46 Å². The number of rotatable bonds is 1. The van der Waals surface area contributed by atoms with Crippen LogP contribution in [0.25, 0.3) is 0 Å². The van der Waals surface area contributed by atoms with Crippen molar-refractivity contribution in [2.24, 2.45) is 0 Å². The molecule has 1 aromatic carbocycles. The summed E-state index contributed by atoms with van der Waals surface area (Å²) >= 11 is 0. The van der Waals surface area contributed by atoms with E-state index < -0.39 is 7.12 Å².